The van der Waals surface area contributed by atoms with Crippen molar-refractivity contribution >= 4 is 33.4 Å². The van der Waals surface area contributed by atoms with Gasteiger partial charge in [-0.3, -0.25) is 14.8 Å². The van der Waals surface area contributed by atoms with E-state index < -0.39 is 0 Å². The third kappa shape index (κ3) is 2.95. The number of aryl methyl sites for hydroxylation is 1. The second-order valence-corrected chi connectivity index (χ2v) is 6.04. The van der Waals surface area contributed by atoms with Crippen molar-refractivity contribution in [1.82, 2.24) is 9.97 Å². The molecule has 1 amide bonds. The zero-order valence-corrected chi connectivity index (χ0v) is 14.5. The molecule has 5 nitrogen and oxygen atoms in total. The first-order chi connectivity index (χ1) is 12.6. The smallest absolute Gasteiger partial charge is 0.257 e. The van der Waals surface area contributed by atoms with E-state index in [1.165, 1.54) is 0 Å². The minimum atomic E-state index is -0.184. The predicted octanol–water partition coefficient (Wildman–Crippen LogP) is 4.35. The van der Waals surface area contributed by atoms with E-state index in [4.69, 9.17) is 4.74 Å². The average Bonchev–Trinajstić information content (AvgIpc) is 2.66. The molecule has 4 aromatic rings. The SMILES string of the molecule is COc1ccc2cc(C(=O)Nc3ccc4ncccc4c3)c(C)nc2c1. The fourth-order valence-corrected chi connectivity index (χ4v) is 2.95. The van der Waals surface area contributed by atoms with Crippen LogP contribution in [0.3, 0.4) is 0 Å². The molecule has 1 N–H and O–H groups in total. The third-order valence-electron chi connectivity index (χ3n) is 4.32. The number of anilines is 1. The van der Waals surface area contributed by atoms with Crippen LogP contribution >= 0.6 is 0 Å². The first-order valence-electron chi connectivity index (χ1n) is 8.25. The highest BCUT2D eigenvalue weighted by atomic mass is 16.5. The summed E-state index contributed by atoms with van der Waals surface area (Å²) < 4.78 is 5.23. The zero-order chi connectivity index (χ0) is 18.1. The lowest BCUT2D eigenvalue weighted by atomic mass is 10.1. The van der Waals surface area contributed by atoms with Crippen LogP contribution < -0.4 is 10.1 Å². The van der Waals surface area contributed by atoms with Crippen molar-refractivity contribution in [2.45, 2.75) is 6.92 Å². The molecule has 26 heavy (non-hydrogen) atoms. The van der Waals surface area contributed by atoms with Crippen LogP contribution in [-0.4, -0.2) is 23.0 Å². The molecular weight excluding hydrogens is 326 g/mol. The Kier molecular flexibility index (Phi) is 3.97. The summed E-state index contributed by atoms with van der Waals surface area (Å²) in [5.74, 6) is 0.558. The van der Waals surface area contributed by atoms with E-state index in [0.29, 0.717) is 11.3 Å². The van der Waals surface area contributed by atoms with Gasteiger partial charge >= 0.3 is 0 Å². The molecule has 0 aliphatic heterocycles. The Balaban J connectivity index is 1.67. The molecule has 2 heterocycles. The van der Waals surface area contributed by atoms with Crippen LogP contribution in [0.5, 0.6) is 5.75 Å². The van der Waals surface area contributed by atoms with Gasteiger partial charge in [-0.25, -0.2) is 0 Å². The summed E-state index contributed by atoms with van der Waals surface area (Å²) in [4.78, 5) is 21.6. The fraction of sp³-hybridized carbons (Fsp3) is 0.0952. The second-order valence-electron chi connectivity index (χ2n) is 6.04. The molecule has 2 aromatic carbocycles. The van der Waals surface area contributed by atoms with Crippen LogP contribution in [0, 0.1) is 6.92 Å². The zero-order valence-electron chi connectivity index (χ0n) is 14.5. The topological polar surface area (TPSA) is 64.1 Å². The maximum Gasteiger partial charge on any atom is 0.257 e. The minimum Gasteiger partial charge on any atom is -0.497 e. The van der Waals surface area contributed by atoms with Crippen molar-refractivity contribution in [1.29, 1.82) is 0 Å². The van der Waals surface area contributed by atoms with Gasteiger partial charge in [0.15, 0.2) is 0 Å². The average molecular weight is 343 g/mol. The van der Waals surface area contributed by atoms with Crippen LogP contribution in [0.4, 0.5) is 5.69 Å². The van der Waals surface area contributed by atoms with E-state index in [0.717, 1.165) is 33.2 Å². The number of nitrogens with one attached hydrogen (secondary N) is 1. The molecule has 0 atom stereocenters. The lowest BCUT2D eigenvalue weighted by Crippen LogP contribution is -2.14. The normalized spacial score (nSPS) is 10.8. The summed E-state index contributed by atoms with van der Waals surface area (Å²) in [6.45, 7) is 1.83. The molecule has 4 rings (SSSR count). The van der Waals surface area contributed by atoms with Crippen molar-refractivity contribution in [2.24, 2.45) is 0 Å². The highest BCUT2D eigenvalue weighted by molar-refractivity contribution is 6.07. The molecule has 5 heteroatoms. The lowest BCUT2D eigenvalue weighted by Gasteiger charge is -2.10. The van der Waals surface area contributed by atoms with Gasteiger partial charge in [-0.2, -0.15) is 0 Å². The van der Waals surface area contributed by atoms with Crippen LogP contribution in [0.1, 0.15) is 16.1 Å². The number of carbonyl (C=O) groups excluding carboxylic acids is 1. The molecule has 128 valence electrons. The van der Waals surface area contributed by atoms with E-state index in [2.05, 4.69) is 15.3 Å². The molecule has 0 radical (unpaired) electrons. The summed E-state index contributed by atoms with van der Waals surface area (Å²) in [5, 5.41) is 4.82. The summed E-state index contributed by atoms with van der Waals surface area (Å²) in [5.41, 5.74) is 3.64. The first kappa shape index (κ1) is 16.0. The number of rotatable bonds is 3. The van der Waals surface area contributed by atoms with Crippen molar-refractivity contribution in [3.8, 4) is 5.75 Å². The number of fused-ring (bicyclic) bond motifs is 2. The number of amides is 1. The van der Waals surface area contributed by atoms with Gasteiger partial charge in [0.2, 0.25) is 0 Å². The molecule has 0 saturated carbocycles. The largest absolute Gasteiger partial charge is 0.497 e. The van der Waals surface area contributed by atoms with Gasteiger partial charge in [-0.05, 0) is 49.4 Å². The molecule has 0 aliphatic carbocycles. The van der Waals surface area contributed by atoms with Crippen LogP contribution in [0.15, 0.2) is 60.8 Å². The quantitative estimate of drug-likeness (QED) is 0.600. The van der Waals surface area contributed by atoms with Gasteiger partial charge in [0.25, 0.3) is 5.91 Å². The number of pyridine rings is 2. The number of hydrogen-bond donors (Lipinski definition) is 1. The van der Waals surface area contributed by atoms with Crippen molar-refractivity contribution in [3.05, 3.63) is 72.1 Å². The molecule has 0 unspecified atom stereocenters. The lowest BCUT2D eigenvalue weighted by molar-refractivity contribution is 0.102. The molecular formula is C21H17N3O2. The molecule has 0 bridgehead atoms. The molecule has 2 aromatic heterocycles. The van der Waals surface area contributed by atoms with E-state index in [1.54, 1.807) is 13.3 Å². The predicted molar refractivity (Wildman–Crippen MR) is 103 cm³/mol. The van der Waals surface area contributed by atoms with Crippen molar-refractivity contribution in [2.75, 3.05) is 12.4 Å². The van der Waals surface area contributed by atoms with Gasteiger partial charge in [-0.1, -0.05) is 6.07 Å². The first-order valence-corrected chi connectivity index (χ1v) is 8.25. The Bertz CT molecular complexity index is 1140. The summed E-state index contributed by atoms with van der Waals surface area (Å²) >= 11 is 0. The highest BCUT2D eigenvalue weighted by Crippen LogP contribution is 2.23. The van der Waals surface area contributed by atoms with Gasteiger partial charge < -0.3 is 10.1 Å². The van der Waals surface area contributed by atoms with E-state index in [9.17, 15) is 4.79 Å². The number of methoxy groups -OCH3 is 1. The van der Waals surface area contributed by atoms with Crippen LogP contribution in [0.2, 0.25) is 0 Å². The molecule has 0 saturated heterocycles. The highest BCUT2D eigenvalue weighted by Gasteiger charge is 2.13. The van der Waals surface area contributed by atoms with Crippen molar-refractivity contribution < 1.29 is 9.53 Å². The fourth-order valence-electron chi connectivity index (χ4n) is 2.95. The van der Waals surface area contributed by atoms with E-state index >= 15 is 0 Å². The van der Waals surface area contributed by atoms with E-state index in [-0.39, 0.29) is 5.91 Å². The Morgan fingerprint density at radius 3 is 2.69 bits per heavy atom. The number of carbonyl (C=O) groups is 1. The second kappa shape index (κ2) is 6.44. The molecule has 0 spiro atoms. The van der Waals surface area contributed by atoms with Gasteiger partial charge in [-0.15, -0.1) is 0 Å². The van der Waals surface area contributed by atoms with Gasteiger partial charge in [0.1, 0.15) is 5.75 Å². The van der Waals surface area contributed by atoms with Crippen LogP contribution in [0.25, 0.3) is 21.8 Å². The Morgan fingerprint density at radius 2 is 1.85 bits per heavy atom. The maximum atomic E-state index is 12.7. The number of aromatic nitrogens is 2. The number of ether oxygens (including phenoxy) is 1. The summed E-state index contributed by atoms with van der Waals surface area (Å²) in [6, 6.07) is 17.0. The van der Waals surface area contributed by atoms with Crippen molar-refractivity contribution in [3.63, 3.8) is 0 Å². The monoisotopic (exact) mass is 343 g/mol. The van der Waals surface area contributed by atoms with E-state index in [1.807, 2.05) is 61.5 Å². The number of benzene rings is 2. The third-order valence-corrected chi connectivity index (χ3v) is 4.32. The Hall–Kier alpha value is -3.47. The minimum absolute atomic E-state index is 0.184. The number of hydrogen-bond acceptors (Lipinski definition) is 4. The Labute approximate surface area is 150 Å². The molecule has 0 fully saturated rings. The summed E-state index contributed by atoms with van der Waals surface area (Å²) in [7, 11) is 1.62. The molecule has 0 aliphatic rings. The maximum absolute atomic E-state index is 12.7. The van der Waals surface area contributed by atoms with Gasteiger partial charge in [0.05, 0.1) is 29.4 Å². The van der Waals surface area contributed by atoms with Gasteiger partial charge in [0, 0.05) is 28.7 Å². The standard InChI is InChI=1S/C21H17N3O2/c1-13-18(11-15-5-7-17(26-2)12-20(15)23-13)21(25)24-16-6-8-19-14(10-16)4-3-9-22-19/h3-12H,1-2H3,(H,24,25). The van der Waals surface area contributed by atoms with Crippen LogP contribution in [-0.2, 0) is 0 Å². The number of nitrogens with zero attached hydrogens (tertiary/aromatic N) is 2. The summed E-state index contributed by atoms with van der Waals surface area (Å²) in [6.07, 6.45) is 1.75. The Morgan fingerprint density at radius 1 is 1.00 bits per heavy atom.